The number of carbonyl (C=O) groups excluding carboxylic acids is 1. The van der Waals surface area contributed by atoms with E-state index in [4.69, 9.17) is 0 Å². The van der Waals surface area contributed by atoms with Gasteiger partial charge in [0.1, 0.15) is 17.0 Å². The Morgan fingerprint density at radius 3 is 2.76 bits per heavy atom. The van der Waals surface area contributed by atoms with Crippen molar-refractivity contribution in [2.45, 2.75) is 32.0 Å². The van der Waals surface area contributed by atoms with Gasteiger partial charge in [-0.25, -0.2) is 14.8 Å². The van der Waals surface area contributed by atoms with Gasteiger partial charge in [-0.3, -0.25) is 5.10 Å². The lowest BCUT2D eigenvalue weighted by atomic mass is 10.0. The Kier molecular flexibility index (Phi) is 5.70. The van der Waals surface area contributed by atoms with Gasteiger partial charge in [0.2, 0.25) is 0 Å². The molecule has 0 spiro atoms. The summed E-state index contributed by atoms with van der Waals surface area (Å²) in [5.74, 6) is 1.38. The highest BCUT2D eigenvalue weighted by Crippen LogP contribution is 2.41. The van der Waals surface area contributed by atoms with Crippen LogP contribution in [0.25, 0.3) is 10.2 Å². The first-order chi connectivity index (χ1) is 16.3. The van der Waals surface area contributed by atoms with Crippen molar-refractivity contribution in [2.24, 2.45) is 0 Å². The van der Waals surface area contributed by atoms with Gasteiger partial charge in [-0.15, -0.1) is 11.3 Å². The predicted molar refractivity (Wildman–Crippen MR) is 134 cm³/mol. The monoisotopic (exact) mass is 476 g/mol. The lowest BCUT2D eigenvalue weighted by Crippen LogP contribution is -2.48. The number of nitrogens with zero attached hydrogens (tertiary/aromatic N) is 5. The minimum absolute atomic E-state index is 0.112. The molecule has 10 heteroatoms. The molecule has 0 saturated carbocycles. The number of nitrogens with one attached hydrogen (secondary N) is 3. The van der Waals surface area contributed by atoms with Crippen LogP contribution in [0.1, 0.15) is 36.7 Å². The second-order valence-corrected chi connectivity index (χ2v) is 10.1. The number of likely N-dealkylation sites (N-methyl/N-ethyl adjacent to an activating group) is 1. The van der Waals surface area contributed by atoms with E-state index in [9.17, 15) is 4.79 Å². The number of hydrogen-bond donors (Lipinski definition) is 3. The molecule has 0 saturated heterocycles. The number of fused-ring (bicyclic) bond motifs is 2. The fourth-order valence-corrected chi connectivity index (χ4v) is 5.19. The highest BCUT2D eigenvalue weighted by Gasteiger charge is 2.44. The molecule has 1 unspecified atom stereocenters. The van der Waals surface area contributed by atoms with Gasteiger partial charge in [0.15, 0.2) is 5.82 Å². The van der Waals surface area contributed by atoms with E-state index in [1.807, 2.05) is 74.6 Å². The first-order valence-corrected chi connectivity index (χ1v) is 12.0. The van der Waals surface area contributed by atoms with Gasteiger partial charge < -0.3 is 20.4 Å². The highest BCUT2D eigenvalue weighted by molar-refractivity contribution is 7.16. The van der Waals surface area contributed by atoms with Crippen LogP contribution in [0.15, 0.2) is 48.1 Å². The highest BCUT2D eigenvalue weighted by atomic mass is 32.1. The number of thiophene rings is 1. The predicted octanol–water partition coefficient (Wildman–Crippen LogP) is 4.22. The molecule has 1 aliphatic rings. The number of amides is 2. The summed E-state index contributed by atoms with van der Waals surface area (Å²) in [4.78, 5) is 27.1. The number of H-pyrrole nitrogens is 1. The molecule has 3 aromatic heterocycles. The fourth-order valence-electron chi connectivity index (χ4n) is 4.46. The summed E-state index contributed by atoms with van der Waals surface area (Å²) in [6.45, 7) is 5.21. The smallest absolute Gasteiger partial charge is 0.319 e. The maximum absolute atomic E-state index is 13.5. The zero-order valence-corrected chi connectivity index (χ0v) is 20.5. The molecule has 3 N–H and O–H groups in total. The number of aromatic nitrogens is 4. The molecular formula is C24H28N8OS. The largest absolute Gasteiger partial charge is 0.330 e. The standard InChI is InChI=1S/C24H28N8OS/c1-24(2)19-17(21(30-29-19)28-20-16-10-11-34-22(16)26-14-25-20)12-32(24)23(33)27-18(13-31(3)4)15-8-6-5-7-9-15/h5-11,14,18H,12-13H2,1-4H3,(H,27,33)(H2,25,26,28,29,30). The van der Waals surface area contributed by atoms with Crippen LogP contribution in [0.3, 0.4) is 0 Å². The van der Waals surface area contributed by atoms with Gasteiger partial charge >= 0.3 is 6.03 Å². The first kappa shape index (κ1) is 22.3. The Balaban J connectivity index is 1.38. The molecule has 2 amide bonds. The average molecular weight is 477 g/mol. The molecule has 1 aromatic carbocycles. The Morgan fingerprint density at radius 2 is 2.00 bits per heavy atom. The van der Waals surface area contributed by atoms with Crippen molar-refractivity contribution in [3.05, 3.63) is 64.9 Å². The van der Waals surface area contributed by atoms with Crippen LogP contribution in [0.2, 0.25) is 0 Å². The van der Waals surface area contributed by atoms with Crippen molar-refractivity contribution in [2.75, 3.05) is 26.0 Å². The van der Waals surface area contributed by atoms with Gasteiger partial charge in [0.25, 0.3) is 0 Å². The third kappa shape index (κ3) is 3.99. The summed E-state index contributed by atoms with van der Waals surface area (Å²) in [7, 11) is 4.02. The minimum atomic E-state index is -0.547. The molecule has 0 bridgehead atoms. The van der Waals surface area contributed by atoms with Crippen molar-refractivity contribution >= 4 is 39.2 Å². The Bertz CT molecular complexity index is 1310. The van der Waals surface area contributed by atoms with E-state index >= 15 is 0 Å². The average Bonchev–Trinajstić information content (AvgIpc) is 3.50. The van der Waals surface area contributed by atoms with E-state index < -0.39 is 5.54 Å². The Hall–Kier alpha value is -3.50. The fraction of sp³-hybridized carbons (Fsp3) is 0.333. The first-order valence-electron chi connectivity index (χ1n) is 11.2. The quantitative estimate of drug-likeness (QED) is 0.385. The van der Waals surface area contributed by atoms with Crippen LogP contribution >= 0.6 is 11.3 Å². The van der Waals surface area contributed by atoms with E-state index in [0.29, 0.717) is 24.7 Å². The van der Waals surface area contributed by atoms with Crippen molar-refractivity contribution in [3.8, 4) is 0 Å². The zero-order chi connectivity index (χ0) is 23.9. The summed E-state index contributed by atoms with van der Waals surface area (Å²) in [5.41, 5.74) is 2.41. The van der Waals surface area contributed by atoms with Gasteiger partial charge in [-0.05, 0) is 45.0 Å². The van der Waals surface area contributed by atoms with Crippen molar-refractivity contribution < 1.29 is 4.79 Å². The number of carbonyl (C=O) groups is 1. The normalized spacial score (nSPS) is 15.5. The molecule has 1 aliphatic heterocycles. The summed E-state index contributed by atoms with van der Waals surface area (Å²) in [6, 6.07) is 11.8. The molecule has 0 aliphatic carbocycles. The number of benzene rings is 1. The SMILES string of the molecule is CN(C)CC(NC(=O)N1Cc2c(Nc3ncnc4sccc34)n[nH]c2C1(C)C)c1ccccc1. The molecule has 0 fully saturated rings. The number of aromatic amines is 1. The van der Waals surface area contributed by atoms with E-state index in [0.717, 1.165) is 27.0 Å². The van der Waals surface area contributed by atoms with Gasteiger partial charge in [-0.2, -0.15) is 5.10 Å². The molecule has 34 heavy (non-hydrogen) atoms. The second kappa shape index (κ2) is 8.69. The lowest BCUT2D eigenvalue weighted by molar-refractivity contribution is 0.138. The molecular weight excluding hydrogens is 448 g/mol. The van der Waals surface area contributed by atoms with Crippen LogP contribution in [-0.2, 0) is 12.1 Å². The molecule has 5 rings (SSSR count). The number of hydrogen-bond acceptors (Lipinski definition) is 7. The van der Waals surface area contributed by atoms with Crippen molar-refractivity contribution in [1.29, 1.82) is 0 Å². The zero-order valence-electron chi connectivity index (χ0n) is 19.7. The van der Waals surface area contributed by atoms with E-state index in [1.54, 1.807) is 17.7 Å². The van der Waals surface area contributed by atoms with Crippen LogP contribution in [0.4, 0.5) is 16.4 Å². The molecule has 0 radical (unpaired) electrons. The number of rotatable bonds is 6. The van der Waals surface area contributed by atoms with Gasteiger partial charge in [-0.1, -0.05) is 30.3 Å². The van der Waals surface area contributed by atoms with E-state index in [-0.39, 0.29) is 12.1 Å². The molecule has 9 nitrogen and oxygen atoms in total. The molecule has 4 heterocycles. The maximum Gasteiger partial charge on any atom is 0.319 e. The summed E-state index contributed by atoms with van der Waals surface area (Å²) in [5, 5.41) is 17.2. The Labute approximate surface area is 202 Å². The van der Waals surface area contributed by atoms with Crippen LogP contribution < -0.4 is 10.6 Å². The summed E-state index contributed by atoms with van der Waals surface area (Å²) >= 11 is 1.57. The number of urea groups is 1. The maximum atomic E-state index is 13.5. The van der Waals surface area contributed by atoms with Crippen LogP contribution in [-0.4, -0.2) is 56.6 Å². The minimum Gasteiger partial charge on any atom is -0.330 e. The summed E-state index contributed by atoms with van der Waals surface area (Å²) < 4.78 is 0. The summed E-state index contributed by atoms with van der Waals surface area (Å²) in [6.07, 6.45) is 1.55. The third-order valence-corrected chi connectivity index (χ3v) is 7.08. The van der Waals surface area contributed by atoms with E-state index in [2.05, 4.69) is 35.7 Å². The molecule has 4 aromatic rings. The van der Waals surface area contributed by atoms with Crippen molar-refractivity contribution in [1.82, 2.24) is 35.3 Å². The second-order valence-electron chi connectivity index (χ2n) is 9.23. The molecule has 1 atom stereocenters. The van der Waals surface area contributed by atoms with Gasteiger partial charge in [0.05, 0.1) is 29.2 Å². The molecule has 176 valence electrons. The van der Waals surface area contributed by atoms with E-state index in [1.165, 1.54) is 0 Å². The Morgan fingerprint density at radius 1 is 1.21 bits per heavy atom. The lowest BCUT2D eigenvalue weighted by Gasteiger charge is -2.34. The van der Waals surface area contributed by atoms with Gasteiger partial charge in [0, 0.05) is 12.1 Å². The third-order valence-electron chi connectivity index (χ3n) is 6.26. The van der Waals surface area contributed by atoms with Crippen LogP contribution in [0, 0.1) is 0 Å². The topological polar surface area (TPSA) is 102 Å². The van der Waals surface area contributed by atoms with Crippen molar-refractivity contribution in [3.63, 3.8) is 0 Å². The van der Waals surface area contributed by atoms with Crippen LogP contribution in [0.5, 0.6) is 0 Å². The number of anilines is 2.